The molecule has 0 saturated carbocycles. The Morgan fingerprint density at radius 1 is 0.857 bits per heavy atom. The molecule has 0 aliphatic heterocycles. The van der Waals surface area contributed by atoms with E-state index in [1.165, 1.54) is 22.8 Å². The van der Waals surface area contributed by atoms with Gasteiger partial charge in [-0.2, -0.15) is 0 Å². The van der Waals surface area contributed by atoms with Crippen LogP contribution in [0.15, 0.2) is 18.2 Å². The third kappa shape index (κ3) is 2.82. The monoisotopic (exact) mass is 324 g/mol. The van der Waals surface area contributed by atoms with Crippen molar-refractivity contribution in [3.05, 3.63) is 68.0 Å². The number of halogens is 3. The molecule has 2 aromatic rings. The lowest BCUT2D eigenvalue weighted by Crippen LogP contribution is -2.07. The number of benzene rings is 2. The van der Waals surface area contributed by atoms with Crippen LogP contribution in [-0.2, 0) is 0 Å². The fraction of sp³-hybridized carbons (Fsp3) is 0.333. The van der Waals surface area contributed by atoms with Crippen molar-refractivity contribution < 1.29 is 4.39 Å². The van der Waals surface area contributed by atoms with E-state index in [4.69, 9.17) is 23.2 Å². The number of hydrogen-bond donors (Lipinski definition) is 0. The summed E-state index contributed by atoms with van der Waals surface area (Å²) in [5, 5.41) is -0.134. The van der Waals surface area contributed by atoms with E-state index in [0.29, 0.717) is 10.6 Å². The first kappa shape index (κ1) is 16.3. The Balaban J connectivity index is 2.66. The molecule has 0 aromatic heterocycles. The summed E-state index contributed by atoms with van der Waals surface area (Å²) in [6.45, 7) is 10.4. The quantitative estimate of drug-likeness (QED) is 0.564. The first-order valence-corrected chi connectivity index (χ1v) is 7.73. The molecular formula is C18H19Cl2F. The van der Waals surface area contributed by atoms with Crippen LogP contribution in [0.5, 0.6) is 0 Å². The Bertz CT molecular complexity index is 676. The first-order chi connectivity index (χ1) is 9.75. The summed E-state index contributed by atoms with van der Waals surface area (Å²) in [6.07, 6.45) is 0. The Labute approximate surface area is 135 Å². The van der Waals surface area contributed by atoms with Gasteiger partial charge in [0, 0.05) is 10.6 Å². The molecule has 0 aliphatic carbocycles. The number of rotatable bonds is 2. The fourth-order valence-corrected chi connectivity index (χ4v) is 3.43. The molecule has 1 atom stereocenters. The average molecular weight is 325 g/mol. The highest BCUT2D eigenvalue weighted by Crippen LogP contribution is 2.38. The zero-order valence-electron chi connectivity index (χ0n) is 12.9. The summed E-state index contributed by atoms with van der Waals surface area (Å²) < 4.78 is 14.2. The van der Waals surface area contributed by atoms with Gasteiger partial charge in [0.2, 0.25) is 0 Å². The standard InChI is InChI=1S/C18H19Cl2F/c1-9-10(2)12(4)17(13(5)11(9)3)18(20)15-7-6-14(19)8-16(15)21/h6-8,18H,1-5H3. The fourth-order valence-electron chi connectivity index (χ4n) is 2.77. The van der Waals surface area contributed by atoms with Gasteiger partial charge >= 0.3 is 0 Å². The van der Waals surface area contributed by atoms with Gasteiger partial charge in [0.1, 0.15) is 5.82 Å². The number of hydrogen-bond acceptors (Lipinski definition) is 0. The predicted molar refractivity (Wildman–Crippen MR) is 89.2 cm³/mol. The third-order valence-electron chi connectivity index (χ3n) is 4.55. The largest absolute Gasteiger partial charge is 0.207 e. The maximum Gasteiger partial charge on any atom is 0.129 e. The zero-order chi connectivity index (χ0) is 15.9. The van der Waals surface area contributed by atoms with E-state index >= 15 is 0 Å². The molecule has 1 unspecified atom stereocenters. The second-order valence-electron chi connectivity index (χ2n) is 5.57. The normalized spacial score (nSPS) is 12.6. The van der Waals surface area contributed by atoms with E-state index in [-0.39, 0.29) is 5.82 Å². The van der Waals surface area contributed by atoms with Gasteiger partial charge in [0.15, 0.2) is 0 Å². The van der Waals surface area contributed by atoms with Crippen molar-refractivity contribution in [3.8, 4) is 0 Å². The predicted octanol–water partition coefficient (Wildman–Crippen LogP) is 6.35. The van der Waals surface area contributed by atoms with Crippen molar-refractivity contribution in [1.82, 2.24) is 0 Å². The minimum atomic E-state index is -0.514. The molecule has 112 valence electrons. The highest BCUT2D eigenvalue weighted by Gasteiger charge is 2.22. The van der Waals surface area contributed by atoms with Crippen LogP contribution in [0.3, 0.4) is 0 Å². The summed E-state index contributed by atoms with van der Waals surface area (Å²) in [4.78, 5) is 0. The minimum Gasteiger partial charge on any atom is -0.207 e. The molecule has 2 rings (SSSR count). The Morgan fingerprint density at radius 3 is 1.81 bits per heavy atom. The molecule has 0 amide bonds. The zero-order valence-corrected chi connectivity index (χ0v) is 14.5. The van der Waals surface area contributed by atoms with Crippen LogP contribution in [0.4, 0.5) is 4.39 Å². The van der Waals surface area contributed by atoms with Gasteiger partial charge < -0.3 is 0 Å². The van der Waals surface area contributed by atoms with Crippen molar-refractivity contribution in [2.75, 3.05) is 0 Å². The Morgan fingerprint density at radius 2 is 1.33 bits per heavy atom. The lowest BCUT2D eigenvalue weighted by molar-refractivity contribution is 0.612. The Hall–Kier alpha value is -1.05. The van der Waals surface area contributed by atoms with Gasteiger partial charge in [-0.3, -0.25) is 0 Å². The van der Waals surface area contributed by atoms with Crippen LogP contribution >= 0.6 is 23.2 Å². The van der Waals surface area contributed by atoms with E-state index in [0.717, 1.165) is 16.7 Å². The lowest BCUT2D eigenvalue weighted by Gasteiger charge is -2.22. The van der Waals surface area contributed by atoms with Crippen molar-refractivity contribution in [1.29, 1.82) is 0 Å². The molecule has 0 heterocycles. The van der Waals surface area contributed by atoms with E-state index in [1.54, 1.807) is 12.1 Å². The average Bonchev–Trinajstić information content (AvgIpc) is 2.43. The summed E-state index contributed by atoms with van der Waals surface area (Å²) in [5.41, 5.74) is 7.43. The van der Waals surface area contributed by atoms with Crippen LogP contribution in [0, 0.1) is 40.4 Å². The van der Waals surface area contributed by atoms with Crippen LogP contribution < -0.4 is 0 Å². The van der Waals surface area contributed by atoms with Gasteiger partial charge in [-0.05, 0) is 80.1 Å². The third-order valence-corrected chi connectivity index (χ3v) is 5.24. The maximum absolute atomic E-state index is 14.2. The molecule has 0 aliphatic rings. The summed E-state index contributed by atoms with van der Waals surface area (Å²) in [7, 11) is 0. The molecule has 0 radical (unpaired) electrons. The van der Waals surface area contributed by atoms with Gasteiger partial charge in [-0.25, -0.2) is 4.39 Å². The van der Waals surface area contributed by atoms with Crippen LogP contribution in [-0.4, -0.2) is 0 Å². The lowest BCUT2D eigenvalue weighted by atomic mass is 9.86. The smallest absolute Gasteiger partial charge is 0.129 e. The summed E-state index contributed by atoms with van der Waals surface area (Å²) in [5.74, 6) is -0.364. The summed E-state index contributed by atoms with van der Waals surface area (Å²) in [6, 6.07) is 4.65. The maximum atomic E-state index is 14.2. The molecule has 0 N–H and O–H groups in total. The van der Waals surface area contributed by atoms with E-state index < -0.39 is 5.38 Å². The van der Waals surface area contributed by atoms with E-state index in [2.05, 4.69) is 20.8 Å². The highest BCUT2D eigenvalue weighted by molar-refractivity contribution is 6.30. The molecule has 0 fully saturated rings. The first-order valence-electron chi connectivity index (χ1n) is 6.91. The molecule has 21 heavy (non-hydrogen) atoms. The van der Waals surface area contributed by atoms with E-state index in [1.807, 2.05) is 13.8 Å². The second-order valence-corrected chi connectivity index (χ2v) is 6.44. The van der Waals surface area contributed by atoms with Gasteiger partial charge in [0.05, 0.1) is 5.38 Å². The second kappa shape index (κ2) is 5.98. The van der Waals surface area contributed by atoms with Crippen LogP contribution in [0.2, 0.25) is 5.02 Å². The van der Waals surface area contributed by atoms with Crippen LogP contribution in [0.1, 0.15) is 44.3 Å². The van der Waals surface area contributed by atoms with E-state index in [9.17, 15) is 4.39 Å². The topological polar surface area (TPSA) is 0 Å². The van der Waals surface area contributed by atoms with Crippen molar-refractivity contribution in [2.24, 2.45) is 0 Å². The molecule has 2 aromatic carbocycles. The molecule has 0 saturated heterocycles. The van der Waals surface area contributed by atoms with Crippen molar-refractivity contribution >= 4 is 23.2 Å². The minimum absolute atomic E-state index is 0.364. The van der Waals surface area contributed by atoms with Crippen molar-refractivity contribution in [2.45, 2.75) is 40.0 Å². The van der Waals surface area contributed by atoms with Crippen LogP contribution in [0.25, 0.3) is 0 Å². The molecule has 3 heteroatoms. The van der Waals surface area contributed by atoms with Gasteiger partial charge in [-0.15, -0.1) is 11.6 Å². The number of alkyl halides is 1. The molecule has 0 spiro atoms. The Kier molecular flexibility index (Phi) is 4.65. The molecule has 0 nitrogen and oxygen atoms in total. The molecule has 0 bridgehead atoms. The summed E-state index contributed by atoms with van der Waals surface area (Å²) >= 11 is 12.4. The highest BCUT2D eigenvalue weighted by atomic mass is 35.5. The van der Waals surface area contributed by atoms with Gasteiger partial charge in [-0.1, -0.05) is 17.7 Å². The SMILES string of the molecule is Cc1c(C)c(C)c(C(Cl)c2ccc(Cl)cc2F)c(C)c1C. The van der Waals surface area contributed by atoms with Crippen molar-refractivity contribution in [3.63, 3.8) is 0 Å². The van der Waals surface area contributed by atoms with Gasteiger partial charge in [0.25, 0.3) is 0 Å². The molecular weight excluding hydrogens is 306 g/mol.